The lowest BCUT2D eigenvalue weighted by Crippen LogP contribution is -2.27. The number of hydrogen-bond acceptors (Lipinski definition) is 5. The van der Waals surface area contributed by atoms with Gasteiger partial charge in [0.05, 0.1) is 24.0 Å². The maximum Gasteiger partial charge on any atom is 0.256 e. The largest absolute Gasteiger partial charge is 0.397 e. The monoisotopic (exact) mass is 246 g/mol. The molecule has 2 heterocycles. The third-order valence-corrected chi connectivity index (χ3v) is 2.45. The van der Waals surface area contributed by atoms with Crippen LogP contribution in [-0.4, -0.2) is 38.0 Å². The Hall–Kier alpha value is -2.44. The minimum atomic E-state index is -0.183. The zero-order valence-corrected chi connectivity index (χ0v) is 10.2. The number of nitrogens with zero attached hydrogens (tertiary/aromatic N) is 4. The highest BCUT2D eigenvalue weighted by Crippen LogP contribution is 2.12. The Morgan fingerprint density at radius 2 is 2.33 bits per heavy atom. The molecule has 0 atom stereocenters. The number of rotatable bonds is 3. The summed E-state index contributed by atoms with van der Waals surface area (Å²) in [7, 11) is 1.67. The van der Waals surface area contributed by atoms with Crippen molar-refractivity contribution in [3.8, 4) is 0 Å². The molecule has 0 aliphatic heterocycles. The summed E-state index contributed by atoms with van der Waals surface area (Å²) in [4.78, 5) is 21.6. The first-order valence-electron chi connectivity index (χ1n) is 5.40. The van der Waals surface area contributed by atoms with Gasteiger partial charge in [-0.05, 0) is 13.0 Å². The third-order valence-electron chi connectivity index (χ3n) is 2.45. The molecule has 0 fully saturated rings. The average molecular weight is 246 g/mol. The fourth-order valence-electron chi connectivity index (χ4n) is 1.55. The van der Waals surface area contributed by atoms with Crippen molar-refractivity contribution in [3.05, 3.63) is 35.7 Å². The number of nitrogen functional groups attached to an aromatic ring is 1. The molecule has 94 valence electrons. The number of H-pyrrole nitrogens is 1. The molecule has 1 amide bonds. The number of aromatic amines is 1. The number of nitrogens with one attached hydrogen (secondary N) is 1. The lowest BCUT2D eigenvalue weighted by molar-refractivity contribution is 0.0782. The van der Waals surface area contributed by atoms with Gasteiger partial charge in [-0.1, -0.05) is 0 Å². The van der Waals surface area contributed by atoms with Crippen molar-refractivity contribution in [1.82, 2.24) is 25.1 Å². The predicted octanol–water partition coefficient (Wildman–Crippen LogP) is 0.363. The van der Waals surface area contributed by atoms with Gasteiger partial charge in [-0.15, -0.1) is 0 Å². The summed E-state index contributed by atoms with van der Waals surface area (Å²) >= 11 is 0. The zero-order valence-electron chi connectivity index (χ0n) is 10.2. The van der Waals surface area contributed by atoms with Crippen LogP contribution in [0.4, 0.5) is 5.69 Å². The van der Waals surface area contributed by atoms with E-state index >= 15 is 0 Å². The lowest BCUT2D eigenvalue weighted by Gasteiger charge is -2.16. The first kappa shape index (κ1) is 12.0. The Morgan fingerprint density at radius 3 is 2.94 bits per heavy atom. The van der Waals surface area contributed by atoms with Crippen molar-refractivity contribution in [2.45, 2.75) is 13.5 Å². The number of aryl methyl sites for hydroxylation is 1. The maximum atomic E-state index is 12.1. The molecule has 7 nitrogen and oxygen atoms in total. The van der Waals surface area contributed by atoms with Crippen molar-refractivity contribution in [2.75, 3.05) is 12.8 Å². The molecule has 3 N–H and O–H groups in total. The Bertz CT molecular complexity index is 564. The molecule has 0 aliphatic carbocycles. The normalized spacial score (nSPS) is 10.3. The zero-order chi connectivity index (χ0) is 13.1. The van der Waals surface area contributed by atoms with Gasteiger partial charge in [-0.25, -0.2) is 4.98 Å². The van der Waals surface area contributed by atoms with Crippen LogP contribution in [0.25, 0.3) is 0 Å². The Labute approximate surface area is 104 Å². The maximum absolute atomic E-state index is 12.1. The average Bonchev–Trinajstić information content (AvgIpc) is 2.74. The minimum absolute atomic E-state index is 0.183. The van der Waals surface area contributed by atoms with Gasteiger partial charge in [0.25, 0.3) is 5.91 Å². The molecule has 2 aromatic heterocycles. The van der Waals surface area contributed by atoms with Crippen LogP contribution in [0.1, 0.15) is 22.0 Å². The molecule has 0 aromatic carbocycles. The van der Waals surface area contributed by atoms with Crippen LogP contribution in [0.3, 0.4) is 0 Å². The van der Waals surface area contributed by atoms with Crippen molar-refractivity contribution in [3.63, 3.8) is 0 Å². The first-order valence-corrected chi connectivity index (χ1v) is 5.40. The fraction of sp³-hybridized carbons (Fsp3) is 0.273. The number of carbonyl (C=O) groups excluding carboxylic acids is 1. The molecule has 0 spiro atoms. The van der Waals surface area contributed by atoms with Crippen LogP contribution in [0.5, 0.6) is 0 Å². The van der Waals surface area contributed by atoms with E-state index in [1.165, 1.54) is 17.3 Å². The number of carbonyl (C=O) groups is 1. The van der Waals surface area contributed by atoms with Crippen LogP contribution in [0, 0.1) is 6.92 Å². The molecule has 0 saturated carbocycles. The van der Waals surface area contributed by atoms with Crippen molar-refractivity contribution >= 4 is 11.6 Å². The highest BCUT2D eigenvalue weighted by molar-refractivity contribution is 5.98. The van der Waals surface area contributed by atoms with E-state index in [2.05, 4.69) is 20.2 Å². The summed E-state index contributed by atoms with van der Waals surface area (Å²) < 4.78 is 0. The number of hydrogen-bond donors (Lipinski definition) is 2. The molecule has 0 aliphatic rings. The number of amides is 1. The molecule has 2 aromatic rings. The van der Waals surface area contributed by atoms with Gasteiger partial charge >= 0.3 is 0 Å². The van der Waals surface area contributed by atoms with Crippen molar-refractivity contribution < 1.29 is 4.79 Å². The van der Waals surface area contributed by atoms with E-state index < -0.39 is 0 Å². The summed E-state index contributed by atoms with van der Waals surface area (Å²) in [5, 5.41) is 6.71. The lowest BCUT2D eigenvalue weighted by atomic mass is 10.2. The number of anilines is 1. The molecule has 7 heteroatoms. The minimum Gasteiger partial charge on any atom is -0.397 e. The van der Waals surface area contributed by atoms with E-state index in [4.69, 9.17) is 5.73 Å². The Morgan fingerprint density at radius 1 is 1.56 bits per heavy atom. The van der Waals surface area contributed by atoms with Gasteiger partial charge in [0.2, 0.25) is 0 Å². The van der Waals surface area contributed by atoms with Crippen LogP contribution in [0.2, 0.25) is 0 Å². The van der Waals surface area contributed by atoms with E-state index in [-0.39, 0.29) is 5.91 Å². The molecule has 18 heavy (non-hydrogen) atoms. The highest BCUT2D eigenvalue weighted by Gasteiger charge is 2.16. The van der Waals surface area contributed by atoms with Crippen LogP contribution < -0.4 is 5.73 Å². The van der Waals surface area contributed by atoms with Gasteiger partial charge in [-0.2, -0.15) is 5.10 Å². The highest BCUT2D eigenvalue weighted by atomic mass is 16.2. The van der Waals surface area contributed by atoms with E-state index in [1.807, 2.05) is 0 Å². The second kappa shape index (κ2) is 4.82. The van der Waals surface area contributed by atoms with E-state index in [0.717, 1.165) is 0 Å². The van der Waals surface area contributed by atoms with Crippen LogP contribution in [-0.2, 0) is 6.54 Å². The quantitative estimate of drug-likeness (QED) is 0.814. The summed E-state index contributed by atoms with van der Waals surface area (Å²) in [5.41, 5.74) is 6.50. The number of aromatic nitrogens is 4. The van der Waals surface area contributed by atoms with Gasteiger partial charge < -0.3 is 10.6 Å². The Balaban J connectivity index is 2.12. The second-order valence-electron chi connectivity index (χ2n) is 3.96. The molecular formula is C11H14N6O. The van der Waals surface area contributed by atoms with Crippen molar-refractivity contribution in [2.24, 2.45) is 0 Å². The second-order valence-corrected chi connectivity index (χ2v) is 3.96. The number of pyridine rings is 1. The summed E-state index contributed by atoms with van der Waals surface area (Å²) in [6.07, 6.45) is 2.99. The van der Waals surface area contributed by atoms with Crippen LogP contribution in [0.15, 0.2) is 18.5 Å². The third kappa shape index (κ3) is 2.45. The van der Waals surface area contributed by atoms with Gasteiger partial charge in [0.15, 0.2) is 5.82 Å². The SMILES string of the molecule is Cc1nc(CN(C)C(=O)c2ccncc2N)n[nH]1. The predicted molar refractivity (Wildman–Crippen MR) is 65.6 cm³/mol. The summed E-state index contributed by atoms with van der Waals surface area (Å²) in [5.74, 6) is 1.10. The van der Waals surface area contributed by atoms with Gasteiger partial charge in [0, 0.05) is 13.2 Å². The van der Waals surface area contributed by atoms with Gasteiger partial charge in [-0.3, -0.25) is 14.9 Å². The number of nitrogens with two attached hydrogens (primary N) is 1. The molecule has 0 bridgehead atoms. The van der Waals surface area contributed by atoms with E-state index in [1.54, 1.807) is 20.0 Å². The summed E-state index contributed by atoms with van der Waals surface area (Å²) in [6, 6.07) is 1.59. The first-order chi connectivity index (χ1) is 8.58. The standard InChI is InChI=1S/C11H14N6O/c1-7-14-10(16-15-7)6-17(2)11(18)8-3-4-13-5-9(8)12/h3-5H,6,12H2,1-2H3,(H,14,15,16). The summed E-state index contributed by atoms with van der Waals surface area (Å²) in [6.45, 7) is 2.13. The van der Waals surface area contributed by atoms with Crippen molar-refractivity contribution in [1.29, 1.82) is 0 Å². The molecule has 0 saturated heterocycles. The smallest absolute Gasteiger partial charge is 0.256 e. The molecular weight excluding hydrogens is 232 g/mol. The van der Waals surface area contributed by atoms with Gasteiger partial charge in [0.1, 0.15) is 5.82 Å². The Kier molecular flexibility index (Phi) is 3.22. The molecule has 0 unspecified atom stereocenters. The van der Waals surface area contributed by atoms with E-state index in [9.17, 15) is 4.79 Å². The topological polar surface area (TPSA) is 101 Å². The molecule has 2 rings (SSSR count). The van der Waals surface area contributed by atoms with Crippen LogP contribution >= 0.6 is 0 Å². The molecule has 0 radical (unpaired) electrons. The fourth-order valence-corrected chi connectivity index (χ4v) is 1.55. The van der Waals surface area contributed by atoms with E-state index in [0.29, 0.717) is 29.4 Å².